The van der Waals surface area contributed by atoms with E-state index in [0.717, 1.165) is 18.4 Å². The van der Waals surface area contributed by atoms with Gasteiger partial charge in [-0.3, -0.25) is 14.4 Å². The maximum atomic E-state index is 11.3. The summed E-state index contributed by atoms with van der Waals surface area (Å²) in [7, 11) is 0. The van der Waals surface area contributed by atoms with Gasteiger partial charge in [0.25, 0.3) is 5.91 Å². The van der Waals surface area contributed by atoms with Crippen LogP contribution in [0.25, 0.3) is 0 Å². The van der Waals surface area contributed by atoms with Crippen molar-refractivity contribution in [2.45, 2.75) is 50.9 Å². The Hall–Kier alpha value is -2.51. The monoisotopic (exact) mass is 403 g/mol. The SMILES string of the molecule is CC1(CNC(=O)C=O)OCC(CC=CCCCC(=O)O)C(Cc2ccccc2)O1. The van der Waals surface area contributed by atoms with E-state index in [4.69, 9.17) is 14.6 Å². The number of carbonyl (C=O) groups excluding carboxylic acids is 2. The van der Waals surface area contributed by atoms with E-state index < -0.39 is 17.7 Å². The van der Waals surface area contributed by atoms with Crippen LogP contribution in [0, 0.1) is 5.92 Å². The number of rotatable bonds is 11. The van der Waals surface area contributed by atoms with Crippen LogP contribution >= 0.6 is 0 Å². The van der Waals surface area contributed by atoms with Crippen LogP contribution in [0.15, 0.2) is 42.5 Å². The van der Waals surface area contributed by atoms with Crippen molar-refractivity contribution in [1.82, 2.24) is 5.32 Å². The van der Waals surface area contributed by atoms with Gasteiger partial charge >= 0.3 is 5.97 Å². The quantitative estimate of drug-likeness (QED) is 0.255. The molecule has 0 bridgehead atoms. The number of ether oxygens (including phenoxy) is 2. The maximum absolute atomic E-state index is 11.3. The fourth-order valence-corrected chi connectivity index (χ4v) is 3.26. The molecule has 0 radical (unpaired) electrons. The molecular weight excluding hydrogens is 374 g/mol. The van der Waals surface area contributed by atoms with Crippen LogP contribution in [-0.4, -0.2) is 48.3 Å². The van der Waals surface area contributed by atoms with Gasteiger partial charge in [0.05, 0.1) is 19.3 Å². The summed E-state index contributed by atoms with van der Waals surface area (Å²) in [5.41, 5.74) is 1.15. The summed E-state index contributed by atoms with van der Waals surface area (Å²) in [6, 6.07) is 10.0. The largest absolute Gasteiger partial charge is 0.481 e. The first-order valence-corrected chi connectivity index (χ1v) is 9.87. The molecule has 1 amide bonds. The van der Waals surface area contributed by atoms with Crippen molar-refractivity contribution in [1.29, 1.82) is 0 Å². The highest BCUT2D eigenvalue weighted by atomic mass is 16.7. The van der Waals surface area contributed by atoms with Crippen molar-refractivity contribution in [3.63, 3.8) is 0 Å². The highest BCUT2D eigenvalue weighted by Gasteiger charge is 2.39. The molecule has 3 unspecified atom stereocenters. The minimum Gasteiger partial charge on any atom is -0.481 e. The zero-order valence-corrected chi connectivity index (χ0v) is 16.7. The number of nitrogens with one attached hydrogen (secondary N) is 1. The van der Waals surface area contributed by atoms with Crippen molar-refractivity contribution < 1.29 is 29.0 Å². The van der Waals surface area contributed by atoms with Crippen molar-refractivity contribution in [2.24, 2.45) is 5.92 Å². The van der Waals surface area contributed by atoms with Crippen molar-refractivity contribution >= 4 is 18.2 Å². The third-order valence-electron chi connectivity index (χ3n) is 4.87. The summed E-state index contributed by atoms with van der Waals surface area (Å²) in [4.78, 5) is 32.4. The van der Waals surface area contributed by atoms with E-state index in [2.05, 4.69) is 5.32 Å². The van der Waals surface area contributed by atoms with Gasteiger partial charge in [-0.2, -0.15) is 0 Å². The Morgan fingerprint density at radius 3 is 2.72 bits per heavy atom. The summed E-state index contributed by atoms with van der Waals surface area (Å²) < 4.78 is 12.1. The number of unbranched alkanes of at least 4 members (excludes halogenated alkanes) is 1. The molecule has 7 heteroatoms. The number of carbonyl (C=O) groups is 3. The van der Waals surface area contributed by atoms with Crippen LogP contribution in [0.5, 0.6) is 0 Å². The molecule has 1 saturated heterocycles. The van der Waals surface area contributed by atoms with Crippen molar-refractivity contribution in [3.05, 3.63) is 48.0 Å². The van der Waals surface area contributed by atoms with Gasteiger partial charge in [-0.1, -0.05) is 42.5 Å². The normalized spacial score (nSPS) is 24.3. The first-order valence-electron chi connectivity index (χ1n) is 9.87. The number of allylic oxidation sites excluding steroid dienone is 2. The molecule has 3 atom stereocenters. The van der Waals surface area contributed by atoms with E-state index in [1.807, 2.05) is 42.5 Å². The van der Waals surface area contributed by atoms with Gasteiger partial charge < -0.3 is 19.9 Å². The average Bonchev–Trinajstić information content (AvgIpc) is 2.71. The zero-order chi connectivity index (χ0) is 21.1. The number of hydrogen-bond acceptors (Lipinski definition) is 5. The molecule has 0 spiro atoms. The van der Waals surface area contributed by atoms with E-state index in [1.165, 1.54) is 0 Å². The van der Waals surface area contributed by atoms with Gasteiger partial charge in [0.15, 0.2) is 5.79 Å². The molecule has 0 saturated carbocycles. The summed E-state index contributed by atoms with van der Waals surface area (Å²) in [6.45, 7) is 2.31. The van der Waals surface area contributed by atoms with Crippen LogP contribution < -0.4 is 5.32 Å². The summed E-state index contributed by atoms with van der Waals surface area (Å²) in [5.74, 6) is -2.36. The fourth-order valence-electron chi connectivity index (χ4n) is 3.26. The van der Waals surface area contributed by atoms with Crippen LogP contribution in [-0.2, 0) is 30.3 Å². The Bertz CT molecular complexity index is 705. The van der Waals surface area contributed by atoms with E-state index in [0.29, 0.717) is 19.4 Å². The summed E-state index contributed by atoms with van der Waals surface area (Å²) in [6.07, 6.45) is 7.13. The van der Waals surface area contributed by atoms with E-state index in [-0.39, 0.29) is 31.3 Å². The number of aldehydes is 1. The predicted octanol–water partition coefficient (Wildman–Crippen LogP) is 2.49. The first kappa shape index (κ1) is 22.8. The topological polar surface area (TPSA) is 102 Å². The number of carboxylic acids is 1. The molecule has 1 fully saturated rings. The highest BCUT2D eigenvalue weighted by molar-refractivity contribution is 6.23. The lowest BCUT2D eigenvalue weighted by Gasteiger charge is -2.43. The second-order valence-corrected chi connectivity index (χ2v) is 7.38. The first-order chi connectivity index (χ1) is 13.9. The van der Waals surface area contributed by atoms with Gasteiger partial charge in [0.2, 0.25) is 6.29 Å². The molecule has 2 rings (SSSR count). The summed E-state index contributed by atoms with van der Waals surface area (Å²) >= 11 is 0. The molecular formula is C22H29NO6. The van der Waals surface area contributed by atoms with Crippen LogP contribution in [0.3, 0.4) is 0 Å². The van der Waals surface area contributed by atoms with E-state index in [9.17, 15) is 14.4 Å². The Kier molecular flexibility index (Phi) is 9.02. The second kappa shape index (κ2) is 11.5. The van der Waals surface area contributed by atoms with Gasteiger partial charge in [-0.05, 0) is 38.2 Å². The van der Waals surface area contributed by atoms with Gasteiger partial charge in [0.1, 0.15) is 0 Å². The van der Waals surface area contributed by atoms with E-state index in [1.54, 1.807) is 6.92 Å². The minimum atomic E-state index is -1.00. The Balaban J connectivity index is 1.97. The number of benzene rings is 1. The molecule has 1 aromatic carbocycles. The summed E-state index contributed by atoms with van der Waals surface area (Å²) in [5, 5.41) is 11.2. The number of aliphatic carboxylic acids is 1. The molecule has 1 heterocycles. The molecule has 158 valence electrons. The standard InChI is InChI=1S/C22H29NO6/c1-22(16-23-20(25)14-24)28-15-18(11-7-2-3-8-12-21(26)27)19(29-22)13-17-9-5-4-6-10-17/h2,4-7,9-10,14,18-19H,3,8,11-13,15-16H2,1H3,(H,23,25)(H,26,27). The lowest BCUT2D eigenvalue weighted by Crippen LogP contribution is -2.54. The van der Waals surface area contributed by atoms with Crippen LogP contribution in [0.1, 0.15) is 38.2 Å². The Morgan fingerprint density at radius 1 is 1.28 bits per heavy atom. The molecule has 1 aliphatic rings. The predicted molar refractivity (Wildman–Crippen MR) is 107 cm³/mol. The molecule has 29 heavy (non-hydrogen) atoms. The van der Waals surface area contributed by atoms with Crippen LogP contribution in [0.4, 0.5) is 0 Å². The Morgan fingerprint density at radius 2 is 2.03 bits per heavy atom. The fraction of sp³-hybridized carbons (Fsp3) is 0.500. The average molecular weight is 403 g/mol. The van der Waals surface area contributed by atoms with Gasteiger partial charge in [-0.15, -0.1) is 0 Å². The third-order valence-corrected chi connectivity index (χ3v) is 4.87. The van der Waals surface area contributed by atoms with Crippen molar-refractivity contribution in [2.75, 3.05) is 13.2 Å². The smallest absolute Gasteiger partial charge is 0.303 e. The van der Waals surface area contributed by atoms with Crippen molar-refractivity contribution in [3.8, 4) is 0 Å². The number of amides is 1. The minimum absolute atomic E-state index is 0.0909. The molecule has 0 aliphatic carbocycles. The maximum Gasteiger partial charge on any atom is 0.303 e. The van der Waals surface area contributed by atoms with E-state index >= 15 is 0 Å². The highest BCUT2D eigenvalue weighted by Crippen LogP contribution is 2.30. The lowest BCUT2D eigenvalue weighted by atomic mass is 9.91. The molecule has 1 aliphatic heterocycles. The lowest BCUT2D eigenvalue weighted by molar-refractivity contribution is -0.297. The Labute approximate surface area is 171 Å². The van der Waals surface area contributed by atoms with Gasteiger partial charge in [0, 0.05) is 12.3 Å². The molecule has 1 aromatic rings. The molecule has 0 aromatic heterocycles. The van der Waals surface area contributed by atoms with Crippen LogP contribution in [0.2, 0.25) is 0 Å². The molecule has 7 nitrogen and oxygen atoms in total. The third kappa shape index (κ3) is 8.17. The molecule has 2 N–H and O–H groups in total. The van der Waals surface area contributed by atoms with Gasteiger partial charge in [-0.25, -0.2) is 0 Å². The zero-order valence-electron chi connectivity index (χ0n) is 16.7. The number of carboxylic acid groups (broad SMARTS) is 1. The second-order valence-electron chi connectivity index (χ2n) is 7.38. The number of hydrogen-bond donors (Lipinski definition) is 2.